The Morgan fingerprint density at radius 3 is 2.67 bits per heavy atom. The topological polar surface area (TPSA) is 94.3 Å². The highest BCUT2D eigenvalue weighted by molar-refractivity contribution is 6.01. The molecule has 0 aliphatic rings. The lowest BCUT2D eigenvalue weighted by molar-refractivity contribution is 0.0599. The number of H-pyrrole nitrogens is 1. The molecule has 24 heavy (non-hydrogen) atoms. The van der Waals surface area contributed by atoms with Crippen molar-refractivity contribution in [2.75, 3.05) is 7.11 Å². The van der Waals surface area contributed by atoms with Crippen LogP contribution < -0.4 is 5.76 Å². The highest BCUT2D eigenvalue weighted by atomic mass is 16.5. The van der Waals surface area contributed by atoms with E-state index in [2.05, 4.69) is 4.98 Å². The number of carbonyl (C=O) groups is 2. The summed E-state index contributed by atoms with van der Waals surface area (Å²) in [6.45, 7) is 3.17. The summed E-state index contributed by atoms with van der Waals surface area (Å²) in [5.74, 6) is -1.43. The lowest BCUT2D eigenvalue weighted by Gasteiger charge is -2.02. The summed E-state index contributed by atoms with van der Waals surface area (Å²) in [4.78, 5) is 39.3. The van der Waals surface area contributed by atoms with E-state index < -0.39 is 11.7 Å². The molecule has 0 atom stereocenters. The average molecular weight is 328 g/mol. The molecule has 124 valence electrons. The van der Waals surface area contributed by atoms with Gasteiger partial charge in [0.25, 0.3) is 0 Å². The smallest absolute Gasteiger partial charge is 0.420 e. The van der Waals surface area contributed by atoms with Gasteiger partial charge in [0, 0.05) is 5.69 Å². The molecule has 0 spiro atoms. The molecular formula is C17H16N2O5. The Morgan fingerprint density at radius 1 is 1.25 bits per heavy atom. The minimum Gasteiger partial charge on any atom is -0.465 e. The number of rotatable bonds is 4. The molecule has 0 aliphatic carbocycles. The number of carbonyl (C=O) groups excluding carboxylic acids is 2. The van der Waals surface area contributed by atoms with Crippen LogP contribution in [0.15, 0.2) is 33.5 Å². The SMILES string of the molecule is COC(=O)c1c(C)[nH]c(C(=O)Cn2c(=O)oc3ccccc32)c1C. The number of aryl methyl sites for hydroxylation is 1. The second-order valence-corrected chi connectivity index (χ2v) is 5.46. The van der Waals surface area contributed by atoms with Crippen molar-refractivity contribution in [1.29, 1.82) is 0 Å². The minimum atomic E-state index is -0.598. The lowest BCUT2D eigenvalue weighted by atomic mass is 10.1. The maximum atomic E-state index is 12.6. The monoisotopic (exact) mass is 328 g/mol. The quantitative estimate of drug-likeness (QED) is 0.585. The van der Waals surface area contributed by atoms with Gasteiger partial charge in [0.2, 0.25) is 0 Å². The molecule has 0 aliphatic heterocycles. The van der Waals surface area contributed by atoms with Crippen LogP contribution in [-0.4, -0.2) is 28.4 Å². The van der Waals surface area contributed by atoms with E-state index in [1.807, 2.05) is 0 Å². The lowest BCUT2D eigenvalue weighted by Crippen LogP contribution is -2.21. The van der Waals surface area contributed by atoms with Crippen LogP contribution in [0.1, 0.15) is 32.1 Å². The van der Waals surface area contributed by atoms with Gasteiger partial charge in [-0.3, -0.25) is 9.36 Å². The predicted octanol–water partition coefficient (Wildman–Crippen LogP) is 2.21. The van der Waals surface area contributed by atoms with Crippen molar-refractivity contribution in [3.05, 3.63) is 57.3 Å². The first kappa shape index (κ1) is 15.8. The Balaban J connectivity index is 2.00. The van der Waals surface area contributed by atoms with Crippen molar-refractivity contribution in [3.63, 3.8) is 0 Å². The van der Waals surface area contributed by atoms with E-state index in [-0.39, 0.29) is 18.0 Å². The molecular weight excluding hydrogens is 312 g/mol. The minimum absolute atomic E-state index is 0.183. The fraction of sp³-hybridized carbons (Fsp3) is 0.235. The van der Waals surface area contributed by atoms with Gasteiger partial charge < -0.3 is 14.1 Å². The first-order valence-electron chi connectivity index (χ1n) is 7.33. The molecule has 0 amide bonds. The summed E-state index contributed by atoms with van der Waals surface area (Å²) >= 11 is 0. The van der Waals surface area contributed by atoms with Crippen molar-refractivity contribution in [2.45, 2.75) is 20.4 Å². The molecule has 0 fully saturated rings. The zero-order valence-electron chi connectivity index (χ0n) is 13.5. The standard InChI is InChI=1S/C17H16N2O5/c1-9-14(16(21)23-3)10(2)18-15(9)12(20)8-19-11-6-4-5-7-13(11)24-17(19)22/h4-7,18H,8H2,1-3H3. The summed E-state index contributed by atoms with van der Waals surface area (Å²) in [5, 5.41) is 0. The van der Waals surface area contributed by atoms with E-state index in [1.54, 1.807) is 38.1 Å². The number of nitrogens with zero attached hydrogens (tertiary/aromatic N) is 1. The summed E-state index contributed by atoms with van der Waals surface area (Å²) < 4.78 is 11.1. The number of fused-ring (bicyclic) bond motifs is 1. The first-order valence-corrected chi connectivity index (χ1v) is 7.33. The number of hydrogen-bond acceptors (Lipinski definition) is 5. The fourth-order valence-electron chi connectivity index (χ4n) is 2.82. The third kappa shape index (κ3) is 2.44. The van der Waals surface area contributed by atoms with E-state index in [0.717, 1.165) is 0 Å². The van der Waals surface area contributed by atoms with Gasteiger partial charge in [-0.05, 0) is 31.5 Å². The summed E-state index contributed by atoms with van der Waals surface area (Å²) in [5.41, 5.74) is 2.64. The summed E-state index contributed by atoms with van der Waals surface area (Å²) in [6.07, 6.45) is 0. The molecule has 7 nitrogen and oxygen atoms in total. The van der Waals surface area contributed by atoms with Crippen LogP contribution in [0.5, 0.6) is 0 Å². The third-order valence-corrected chi connectivity index (χ3v) is 3.98. The number of methoxy groups -OCH3 is 1. The largest absolute Gasteiger partial charge is 0.465 e. The highest BCUT2D eigenvalue weighted by Crippen LogP contribution is 2.20. The average Bonchev–Trinajstić information content (AvgIpc) is 3.03. The van der Waals surface area contributed by atoms with Gasteiger partial charge in [-0.15, -0.1) is 0 Å². The Bertz CT molecular complexity index is 1010. The van der Waals surface area contributed by atoms with Crippen LogP contribution in [0.4, 0.5) is 0 Å². The number of Topliss-reactive ketones (excluding diaryl/α,β-unsaturated/α-hetero) is 1. The molecule has 2 aromatic heterocycles. The number of para-hydroxylation sites is 2. The van der Waals surface area contributed by atoms with Gasteiger partial charge in [-0.25, -0.2) is 9.59 Å². The molecule has 3 aromatic rings. The van der Waals surface area contributed by atoms with Crippen LogP contribution in [-0.2, 0) is 11.3 Å². The number of nitrogens with one attached hydrogen (secondary N) is 1. The number of benzene rings is 1. The number of ketones is 1. The first-order chi connectivity index (χ1) is 11.4. The van der Waals surface area contributed by atoms with E-state index >= 15 is 0 Å². The van der Waals surface area contributed by atoms with Crippen molar-refractivity contribution >= 4 is 22.9 Å². The molecule has 1 N–H and O–H groups in total. The third-order valence-electron chi connectivity index (χ3n) is 3.98. The van der Waals surface area contributed by atoms with Gasteiger partial charge in [-0.2, -0.15) is 0 Å². The molecule has 0 unspecified atom stereocenters. The summed E-state index contributed by atoms with van der Waals surface area (Å²) in [7, 11) is 1.28. The van der Waals surface area contributed by atoms with Crippen molar-refractivity contribution < 1.29 is 18.7 Å². The van der Waals surface area contributed by atoms with Crippen LogP contribution in [0, 0.1) is 13.8 Å². The molecule has 0 saturated heterocycles. The van der Waals surface area contributed by atoms with E-state index in [1.165, 1.54) is 11.7 Å². The zero-order valence-corrected chi connectivity index (χ0v) is 13.5. The molecule has 1 aromatic carbocycles. The predicted molar refractivity (Wildman–Crippen MR) is 86.4 cm³/mol. The number of aromatic amines is 1. The van der Waals surface area contributed by atoms with Gasteiger partial charge in [0.15, 0.2) is 11.4 Å². The van der Waals surface area contributed by atoms with E-state index in [9.17, 15) is 14.4 Å². The molecule has 0 radical (unpaired) electrons. The number of esters is 1. The Hall–Kier alpha value is -3.09. The van der Waals surface area contributed by atoms with Crippen molar-refractivity contribution in [1.82, 2.24) is 9.55 Å². The molecule has 2 heterocycles. The second-order valence-electron chi connectivity index (χ2n) is 5.46. The Kier molecular flexibility index (Phi) is 3.84. The van der Waals surface area contributed by atoms with Gasteiger partial charge >= 0.3 is 11.7 Å². The highest BCUT2D eigenvalue weighted by Gasteiger charge is 2.23. The number of hydrogen-bond donors (Lipinski definition) is 1. The second kappa shape index (κ2) is 5.84. The molecule has 0 bridgehead atoms. The van der Waals surface area contributed by atoms with Gasteiger partial charge in [-0.1, -0.05) is 12.1 Å². The van der Waals surface area contributed by atoms with Gasteiger partial charge in [0.05, 0.1) is 30.4 Å². The zero-order chi connectivity index (χ0) is 17.4. The van der Waals surface area contributed by atoms with Crippen LogP contribution in [0.25, 0.3) is 11.1 Å². The van der Waals surface area contributed by atoms with Crippen molar-refractivity contribution in [2.24, 2.45) is 0 Å². The number of oxazole rings is 1. The Morgan fingerprint density at radius 2 is 1.96 bits per heavy atom. The maximum absolute atomic E-state index is 12.6. The van der Waals surface area contributed by atoms with Crippen molar-refractivity contribution in [3.8, 4) is 0 Å². The maximum Gasteiger partial charge on any atom is 0.420 e. The summed E-state index contributed by atoms with van der Waals surface area (Å²) in [6, 6.07) is 6.88. The normalized spacial score (nSPS) is 11.0. The molecule has 3 rings (SSSR count). The van der Waals surface area contributed by atoms with Crippen LogP contribution in [0.2, 0.25) is 0 Å². The molecule has 0 saturated carbocycles. The van der Waals surface area contributed by atoms with E-state index in [4.69, 9.17) is 9.15 Å². The van der Waals surface area contributed by atoms with E-state index in [0.29, 0.717) is 27.9 Å². The molecule has 7 heteroatoms. The number of ether oxygens (including phenoxy) is 1. The Labute approximate surface area is 136 Å². The van der Waals surface area contributed by atoms with Crippen LogP contribution >= 0.6 is 0 Å². The van der Waals surface area contributed by atoms with Gasteiger partial charge in [0.1, 0.15) is 0 Å². The number of aromatic nitrogens is 2. The fourth-order valence-corrected chi connectivity index (χ4v) is 2.82. The van der Waals surface area contributed by atoms with Crippen LogP contribution in [0.3, 0.4) is 0 Å².